The van der Waals surface area contributed by atoms with E-state index >= 15 is 0 Å². The Bertz CT molecular complexity index is 814. The van der Waals surface area contributed by atoms with Gasteiger partial charge in [-0.2, -0.15) is 0 Å². The van der Waals surface area contributed by atoms with Crippen molar-refractivity contribution in [1.29, 1.82) is 0 Å². The lowest BCUT2D eigenvalue weighted by atomic mass is 10.1. The fraction of sp³-hybridized carbons (Fsp3) is 0.176. The van der Waals surface area contributed by atoms with E-state index in [0.717, 1.165) is 21.7 Å². The van der Waals surface area contributed by atoms with Gasteiger partial charge in [0.05, 0.1) is 18.7 Å². The van der Waals surface area contributed by atoms with Gasteiger partial charge < -0.3 is 5.11 Å². The van der Waals surface area contributed by atoms with Crippen molar-refractivity contribution in [3.05, 3.63) is 48.5 Å². The number of amides is 1. The summed E-state index contributed by atoms with van der Waals surface area (Å²) in [6.07, 6.45) is 0. The predicted molar refractivity (Wildman–Crippen MR) is 84.4 cm³/mol. The Morgan fingerprint density at radius 1 is 1.05 bits per heavy atom. The summed E-state index contributed by atoms with van der Waals surface area (Å²) in [7, 11) is 0. The molecule has 0 spiro atoms. The van der Waals surface area contributed by atoms with Gasteiger partial charge >= 0.3 is 0 Å². The van der Waals surface area contributed by atoms with E-state index in [9.17, 15) is 9.90 Å². The molecule has 0 saturated carbocycles. The Kier molecular flexibility index (Phi) is 3.54. The molecule has 1 N–H and O–H groups in total. The molecule has 0 aliphatic rings. The van der Waals surface area contributed by atoms with Crippen LogP contribution in [0.4, 0.5) is 5.82 Å². The van der Waals surface area contributed by atoms with Crippen LogP contribution < -0.4 is 4.90 Å². The maximum Gasteiger partial charge on any atom is 0.225 e. The second-order valence-corrected chi connectivity index (χ2v) is 4.89. The number of nitrogens with zero attached hydrogens (tertiary/aromatic N) is 2. The van der Waals surface area contributed by atoms with Gasteiger partial charge in [-0.15, -0.1) is 0 Å². The third-order valence-corrected chi connectivity index (χ3v) is 3.55. The van der Waals surface area contributed by atoms with Crippen LogP contribution in [-0.4, -0.2) is 29.1 Å². The third kappa shape index (κ3) is 2.34. The van der Waals surface area contributed by atoms with Gasteiger partial charge in [0.1, 0.15) is 5.82 Å². The maximum atomic E-state index is 11.9. The highest BCUT2D eigenvalue weighted by molar-refractivity contribution is 6.12. The number of hydrogen-bond donors (Lipinski definition) is 1. The highest BCUT2D eigenvalue weighted by atomic mass is 16.3. The average molecular weight is 280 g/mol. The summed E-state index contributed by atoms with van der Waals surface area (Å²) < 4.78 is 0. The summed E-state index contributed by atoms with van der Waals surface area (Å²) in [6, 6.07) is 15.8. The highest BCUT2D eigenvalue weighted by Crippen LogP contribution is 2.31. The number of rotatable bonds is 3. The highest BCUT2D eigenvalue weighted by Gasteiger charge is 2.17. The Labute approximate surface area is 122 Å². The molecule has 0 atom stereocenters. The van der Waals surface area contributed by atoms with Gasteiger partial charge in [0, 0.05) is 17.7 Å². The second kappa shape index (κ2) is 5.50. The second-order valence-electron chi connectivity index (χ2n) is 4.89. The van der Waals surface area contributed by atoms with Gasteiger partial charge in [0.2, 0.25) is 5.91 Å². The van der Waals surface area contributed by atoms with E-state index in [1.165, 1.54) is 11.8 Å². The van der Waals surface area contributed by atoms with Gasteiger partial charge in [-0.25, -0.2) is 4.98 Å². The number of fused-ring (bicyclic) bond motifs is 3. The zero-order valence-electron chi connectivity index (χ0n) is 11.8. The van der Waals surface area contributed by atoms with E-state index < -0.39 is 0 Å². The third-order valence-electron chi connectivity index (χ3n) is 3.55. The lowest BCUT2D eigenvalue weighted by molar-refractivity contribution is -0.116. The van der Waals surface area contributed by atoms with Crippen molar-refractivity contribution in [2.45, 2.75) is 6.92 Å². The molecule has 0 radical (unpaired) electrons. The zero-order chi connectivity index (χ0) is 14.8. The fourth-order valence-corrected chi connectivity index (χ4v) is 2.60. The molecule has 1 amide bonds. The zero-order valence-corrected chi connectivity index (χ0v) is 11.8. The normalized spacial score (nSPS) is 11.0. The molecule has 0 bridgehead atoms. The summed E-state index contributed by atoms with van der Waals surface area (Å²) >= 11 is 0. The monoisotopic (exact) mass is 280 g/mol. The summed E-state index contributed by atoms with van der Waals surface area (Å²) in [5, 5.41) is 12.2. The van der Waals surface area contributed by atoms with Crippen molar-refractivity contribution >= 4 is 33.4 Å². The predicted octanol–water partition coefficient (Wildman–Crippen LogP) is 2.73. The van der Waals surface area contributed by atoms with Crippen LogP contribution >= 0.6 is 0 Å². The molecular weight excluding hydrogens is 264 g/mol. The number of carbonyl (C=O) groups is 1. The maximum absolute atomic E-state index is 11.9. The SMILES string of the molecule is CC(=O)N(CCO)c1nc2ccccc2c2ccccc12. The minimum absolute atomic E-state index is 0.0948. The number of anilines is 1. The van der Waals surface area contributed by atoms with E-state index in [-0.39, 0.29) is 19.1 Å². The van der Waals surface area contributed by atoms with Crippen molar-refractivity contribution in [3.63, 3.8) is 0 Å². The van der Waals surface area contributed by atoms with E-state index in [4.69, 9.17) is 0 Å². The van der Waals surface area contributed by atoms with Gasteiger partial charge in [-0.1, -0.05) is 42.5 Å². The van der Waals surface area contributed by atoms with Gasteiger partial charge in [0.25, 0.3) is 0 Å². The van der Waals surface area contributed by atoms with Crippen molar-refractivity contribution in [2.75, 3.05) is 18.1 Å². The van der Waals surface area contributed by atoms with Crippen LogP contribution in [0.3, 0.4) is 0 Å². The van der Waals surface area contributed by atoms with Crippen molar-refractivity contribution in [3.8, 4) is 0 Å². The van der Waals surface area contributed by atoms with E-state index in [1.54, 1.807) is 0 Å². The molecule has 0 unspecified atom stereocenters. The molecule has 4 nitrogen and oxygen atoms in total. The first-order chi connectivity index (χ1) is 10.2. The van der Waals surface area contributed by atoms with Crippen LogP contribution in [0, 0.1) is 0 Å². The van der Waals surface area contributed by atoms with Crippen molar-refractivity contribution < 1.29 is 9.90 Å². The molecule has 0 saturated heterocycles. The molecular formula is C17H16N2O2. The largest absolute Gasteiger partial charge is 0.395 e. The first-order valence-corrected chi connectivity index (χ1v) is 6.89. The van der Waals surface area contributed by atoms with Crippen LogP contribution in [0.25, 0.3) is 21.7 Å². The number of aliphatic hydroxyl groups is 1. The van der Waals surface area contributed by atoms with Crippen LogP contribution in [0.15, 0.2) is 48.5 Å². The fourth-order valence-electron chi connectivity index (χ4n) is 2.60. The summed E-state index contributed by atoms with van der Waals surface area (Å²) in [5.74, 6) is 0.475. The molecule has 106 valence electrons. The first-order valence-electron chi connectivity index (χ1n) is 6.89. The lowest BCUT2D eigenvalue weighted by Gasteiger charge is -2.21. The molecule has 3 aromatic rings. The van der Waals surface area contributed by atoms with Crippen LogP contribution in [0.1, 0.15) is 6.92 Å². The Morgan fingerprint density at radius 3 is 2.33 bits per heavy atom. The van der Waals surface area contributed by atoms with Crippen molar-refractivity contribution in [1.82, 2.24) is 4.98 Å². The molecule has 2 aromatic carbocycles. The van der Waals surface area contributed by atoms with Gasteiger partial charge in [-0.05, 0) is 11.5 Å². The smallest absolute Gasteiger partial charge is 0.225 e. The number of benzene rings is 2. The molecule has 0 aliphatic carbocycles. The van der Waals surface area contributed by atoms with Crippen LogP contribution in [-0.2, 0) is 4.79 Å². The van der Waals surface area contributed by atoms with Crippen LogP contribution in [0.2, 0.25) is 0 Å². The van der Waals surface area contributed by atoms with E-state index in [0.29, 0.717) is 5.82 Å². The molecule has 1 aromatic heterocycles. The van der Waals surface area contributed by atoms with Crippen LogP contribution in [0.5, 0.6) is 0 Å². The summed E-state index contributed by atoms with van der Waals surface area (Å²) in [5.41, 5.74) is 0.843. The minimum Gasteiger partial charge on any atom is -0.395 e. The molecule has 1 heterocycles. The molecule has 3 rings (SSSR count). The first kappa shape index (κ1) is 13.5. The Balaban J connectivity index is 2.36. The van der Waals surface area contributed by atoms with E-state index in [2.05, 4.69) is 4.98 Å². The number of aliphatic hydroxyl groups excluding tert-OH is 1. The van der Waals surface area contributed by atoms with Gasteiger partial charge in [0.15, 0.2) is 0 Å². The molecule has 4 heteroatoms. The number of pyridine rings is 1. The average Bonchev–Trinajstić information content (AvgIpc) is 2.52. The number of aromatic nitrogens is 1. The molecule has 0 aliphatic heterocycles. The quantitative estimate of drug-likeness (QED) is 0.751. The Morgan fingerprint density at radius 2 is 1.67 bits per heavy atom. The minimum atomic E-state index is -0.128. The van der Waals surface area contributed by atoms with Crippen molar-refractivity contribution in [2.24, 2.45) is 0 Å². The molecule has 21 heavy (non-hydrogen) atoms. The number of carbonyl (C=O) groups excluding carboxylic acids is 1. The summed E-state index contributed by atoms with van der Waals surface area (Å²) in [6.45, 7) is 1.63. The topological polar surface area (TPSA) is 53.4 Å². The van der Waals surface area contributed by atoms with Gasteiger partial charge in [-0.3, -0.25) is 9.69 Å². The molecule has 0 fully saturated rings. The number of para-hydroxylation sites is 1. The summed E-state index contributed by atoms with van der Waals surface area (Å²) in [4.78, 5) is 18.0. The van der Waals surface area contributed by atoms with E-state index in [1.807, 2.05) is 48.5 Å². The lowest BCUT2D eigenvalue weighted by Crippen LogP contribution is -2.32. The standard InChI is InChI=1S/C17H16N2O2/c1-12(21)19(10-11-20)17-15-8-3-2-6-13(15)14-7-4-5-9-16(14)18-17/h2-9,20H,10-11H2,1H3. The number of hydrogen-bond acceptors (Lipinski definition) is 3. The Hall–Kier alpha value is -2.46.